The van der Waals surface area contributed by atoms with Crippen molar-refractivity contribution >= 4 is 23.9 Å². The predicted molar refractivity (Wildman–Crippen MR) is 69.2 cm³/mol. The quantitative estimate of drug-likeness (QED) is 0.301. The molecule has 0 aromatic heterocycles. The van der Waals surface area contributed by atoms with Gasteiger partial charge in [0.1, 0.15) is 0 Å². The Morgan fingerprint density at radius 1 is 0.571 bits per heavy atom. The fourth-order valence-corrected chi connectivity index (χ4v) is 3.19. The Morgan fingerprint density at radius 2 is 0.786 bits per heavy atom. The average Bonchev–Trinajstić information content (AvgIpc) is 2.44. The minimum absolute atomic E-state index is 0. The summed E-state index contributed by atoms with van der Waals surface area (Å²) in [6.45, 7) is -2.72. The van der Waals surface area contributed by atoms with Crippen molar-refractivity contribution in [3.8, 4) is 0 Å². The fourth-order valence-electron chi connectivity index (χ4n) is 3.19. The van der Waals surface area contributed by atoms with E-state index in [4.69, 9.17) is 0 Å². The molecule has 0 N–H and O–H groups in total. The summed E-state index contributed by atoms with van der Waals surface area (Å²) in [4.78, 5) is 45.7. The summed E-state index contributed by atoms with van der Waals surface area (Å²) < 4.78 is 0. The average molecular weight is 434 g/mol. The normalized spacial score (nSPS) is 17.9. The van der Waals surface area contributed by atoms with Crippen molar-refractivity contribution in [1.29, 1.82) is 0 Å². The molecule has 136 valence electrons. The third kappa shape index (κ3) is 14.7. The number of carboxylic acid groups (broad SMARTS) is 4. The maximum Gasteiger partial charge on any atom is 1.00 e. The molecular formula is C14H18N2Na4O8. The van der Waals surface area contributed by atoms with Gasteiger partial charge in [0.2, 0.25) is 0 Å². The molecule has 0 radical (unpaired) electrons. The number of hydrogen-bond acceptors (Lipinski definition) is 10. The van der Waals surface area contributed by atoms with Crippen molar-refractivity contribution in [2.75, 3.05) is 26.2 Å². The molecule has 1 rings (SSSR count). The molecule has 0 bridgehead atoms. The van der Waals surface area contributed by atoms with Gasteiger partial charge in [-0.25, -0.2) is 0 Å². The first-order valence-corrected chi connectivity index (χ1v) is 7.48. The van der Waals surface area contributed by atoms with Gasteiger partial charge in [0.25, 0.3) is 0 Å². The molecule has 0 aromatic rings. The van der Waals surface area contributed by atoms with Gasteiger partial charge in [0.05, 0.1) is 23.9 Å². The van der Waals surface area contributed by atoms with E-state index in [0.717, 1.165) is 9.80 Å². The molecule has 0 aromatic carbocycles. The van der Waals surface area contributed by atoms with Crippen LogP contribution in [0.5, 0.6) is 0 Å². The zero-order valence-electron chi connectivity index (χ0n) is 17.0. The van der Waals surface area contributed by atoms with Gasteiger partial charge in [0, 0.05) is 38.3 Å². The molecule has 0 spiro atoms. The smallest absolute Gasteiger partial charge is 0.549 e. The van der Waals surface area contributed by atoms with Gasteiger partial charge in [0.15, 0.2) is 0 Å². The Bertz CT molecular complexity index is 436. The summed E-state index contributed by atoms with van der Waals surface area (Å²) in [6.07, 6.45) is 2.12. The molecule has 1 saturated carbocycles. The van der Waals surface area contributed by atoms with Crippen LogP contribution in [0.2, 0.25) is 0 Å². The molecule has 1 aliphatic rings. The SMILES string of the molecule is O=C([O-])CN(CC(=O)[O-])C1CCCCC1N(CC(=O)[O-])CC(=O)[O-].[Na+].[Na+].[Na+].[Na+]. The zero-order valence-corrected chi connectivity index (χ0v) is 25.0. The first-order chi connectivity index (χ1) is 11.2. The van der Waals surface area contributed by atoms with Gasteiger partial charge < -0.3 is 39.6 Å². The molecule has 1 fully saturated rings. The van der Waals surface area contributed by atoms with Crippen molar-refractivity contribution < 1.29 is 158 Å². The summed E-state index contributed by atoms with van der Waals surface area (Å²) in [7, 11) is 0. The van der Waals surface area contributed by atoms with Crippen LogP contribution < -0.4 is 139 Å². The molecule has 0 amide bonds. The Hall–Kier alpha value is 1.80. The first kappa shape index (κ1) is 37.1. The largest absolute Gasteiger partial charge is 1.00 e. The maximum absolute atomic E-state index is 10.9. The summed E-state index contributed by atoms with van der Waals surface area (Å²) in [5.74, 6) is -5.97. The minimum Gasteiger partial charge on any atom is -0.549 e. The van der Waals surface area contributed by atoms with Crippen LogP contribution in [0.1, 0.15) is 25.7 Å². The van der Waals surface area contributed by atoms with E-state index in [1.54, 1.807) is 0 Å². The van der Waals surface area contributed by atoms with Crippen molar-refractivity contribution in [1.82, 2.24) is 9.80 Å². The van der Waals surface area contributed by atoms with E-state index in [1.807, 2.05) is 0 Å². The topological polar surface area (TPSA) is 167 Å². The third-order valence-corrected chi connectivity index (χ3v) is 3.96. The van der Waals surface area contributed by atoms with E-state index >= 15 is 0 Å². The van der Waals surface area contributed by atoms with Gasteiger partial charge in [-0.1, -0.05) is 12.8 Å². The molecule has 0 heterocycles. The van der Waals surface area contributed by atoms with E-state index in [9.17, 15) is 39.6 Å². The van der Waals surface area contributed by atoms with Gasteiger partial charge in [-0.15, -0.1) is 0 Å². The summed E-state index contributed by atoms with van der Waals surface area (Å²) in [5.41, 5.74) is 0. The summed E-state index contributed by atoms with van der Waals surface area (Å²) in [6, 6.07) is -1.32. The van der Waals surface area contributed by atoms with E-state index in [1.165, 1.54) is 0 Å². The van der Waals surface area contributed by atoms with Crippen LogP contribution >= 0.6 is 0 Å². The summed E-state index contributed by atoms with van der Waals surface area (Å²) in [5, 5.41) is 43.5. The van der Waals surface area contributed by atoms with E-state index < -0.39 is 62.1 Å². The maximum atomic E-state index is 10.9. The Labute approximate surface area is 251 Å². The molecule has 2 atom stereocenters. The predicted octanol–water partition coefficient (Wildman–Crippen LogP) is -18.1. The second-order valence-electron chi connectivity index (χ2n) is 5.72. The standard InChI is InChI=1S/C14H22N2O8.4Na/c17-11(18)5-15(6-12(19)20)9-3-1-2-4-10(9)16(7-13(21)22)8-14(23)24;;;;/h9-10H,1-8H2,(H,17,18)(H,19,20)(H,21,22)(H,23,24);;;;/q;4*+1/p-4. The van der Waals surface area contributed by atoms with Crippen molar-refractivity contribution in [3.05, 3.63) is 0 Å². The van der Waals surface area contributed by atoms with Crippen LogP contribution in [0, 0.1) is 0 Å². The molecule has 10 nitrogen and oxygen atoms in total. The number of carbonyl (C=O) groups excluding carboxylic acids is 4. The van der Waals surface area contributed by atoms with E-state index in [0.29, 0.717) is 25.7 Å². The zero-order chi connectivity index (χ0) is 18.3. The molecule has 2 unspecified atom stereocenters. The Balaban J connectivity index is -0.000000720. The Morgan fingerprint density at radius 3 is 0.964 bits per heavy atom. The van der Waals surface area contributed by atoms with Crippen LogP contribution in [-0.2, 0) is 19.2 Å². The minimum atomic E-state index is -1.49. The monoisotopic (exact) mass is 434 g/mol. The van der Waals surface area contributed by atoms with E-state index in [2.05, 4.69) is 0 Å². The van der Waals surface area contributed by atoms with Crippen molar-refractivity contribution in [3.63, 3.8) is 0 Å². The van der Waals surface area contributed by atoms with Crippen LogP contribution in [0.15, 0.2) is 0 Å². The molecule has 1 aliphatic carbocycles. The number of hydrogen-bond donors (Lipinski definition) is 0. The number of rotatable bonds is 10. The second-order valence-corrected chi connectivity index (χ2v) is 5.72. The number of aliphatic carboxylic acids is 4. The second kappa shape index (κ2) is 19.5. The fraction of sp³-hybridized carbons (Fsp3) is 0.714. The van der Waals surface area contributed by atoms with Crippen LogP contribution in [0.4, 0.5) is 0 Å². The number of carboxylic acids is 4. The van der Waals surface area contributed by atoms with Gasteiger partial charge in [-0.05, 0) is 12.8 Å². The first-order valence-electron chi connectivity index (χ1n) is 7.48. The van der Waals surface area contributed by atoms with E-state index in [-0.39, 0.29) is 118 Å². The summed E-state index contributed by atoms with van der Waals surface area (Å²) >= 11 is 0. The van der Waals surface area contributed by atoms with Crippen molar-refractivity contribution in [2.24, 2.45) is 0 Å². The molecule has 0 aliphatic heterocycles. The third-order valence-electron chi connectivity index (χ3n) is 3.96. The molecular weight excluding hydrogens is 416 g/mol. The van der Waals surface area contributed by atoms with Crippen LogP contribution in [0.25, 0.3) is 0 Å². The number of nitrogens with zero attached hydrogens (tertiary/aromatic N) is 2. The number of carbonyl (C=O) groups is 4. The van der Waals surface area contributed by atoms with Crippen LogP contribution in [0.3, 0.4) is 0 Å². The van der Waals surface area contributed by atoms with Gasteiger partial charge in [-0.2, -0.15) is 0 Å². The molecule has 28 heavy (non-hydrogen) atoms. The van der Waals surface area contributed by atoms with Crippen LogP contribution in [-0.4, -0.2) is 71.9 Å². The molecule has 0 saturated heterocycles. The Kier molecular flexibility index (Phi) is 25.8. The van der Waals surface area contributed by atoms with Crippen molar-refractivity contribution in [2.45, 2.75) is 37.8 Å². The van der Waals surface area contributed by atoms with Gasteiger partial charge in [-0.3, -0.25) is 9.80 Å². The van der Waals surface area contributed by atoms with Gasteiger partial charge >= 0.3 is 118 Å². The molecule has 14 heteroatoms.